The normalized spacial score (nSPS) is 22.9. The van der Waals surface area contributed by atoms with Gasteiger partial charge in [0.2, 0.25) is 0 Å². The number of ether oxygens (including phenoxy) is 2. The van der Waals surface area contributed by atoms with Gasteiger partial charge in [0.25, 0.3) is 0 Å². The largest absolute Gasteiger partial charge is 0.497 e. The van der Waals surface area contributed by atoms with Gasteiger partial charge >= 0.3 is 0 Å². The second-order valence-electron chi connectivity index (χ2n) is 9.48. The Morgan fingerprint density at radius 1 is 0.889 bits per heavy atom. The lowest BCUT2D eigenvalue weighted by atomic mass is 9.64. The summed E-state index contributed by atoms with van der Waals surface area (Å²) in [5.41, 5.74) is 1.68. The molecule has 180 valence electrons. The van der Waals surface area contributed by atoms with Crippen molar-refractivity contribution in [2.45, 2.75) is 24.9 Å². The smallest absolute Gasteiger partial charge is 0.180 e. The van der Waals surface area contributed by atoms with Gasteiger partial charge in [-0.25, -0.2) is 0 Å². The highest BCUT2D eigenvalue weighted by Gasteiger charge is 2.71. The van der Waals surface area contributed by atoms with E-state index < -0.39 is 23.4 Å². The van der Waals surface area contributed by atoms with Crippen LogP contribution in [0.3, 0.4) is 0 Å². The highest BCUT2D eigenvalue weighted by Crippen LogP contribution is 2.61. The van der Waals surface area contributed by atoms with E-state index in [0.717, 1.165) is 11.3 Å². The van der Waals surface area contributed by atoms with E-state index in [1.807, 2.05) is 47.4 Å². The fraction of sp³-hybridized carbons (Fsp3) is 0.233. The Bertz CT molecular complexity index is 1440. The average Bonchev–Trinajstić information content (AvgIpc) is 3.35. The van der Waals surface area contributed by atoms with Crippen LogP contribution in [0.25, 0.3) is 6.08 Å². The summed E-state index contributed by atoms with van der Waals surface area (Å²) in [7, 11) is 3.10. The second-order valence-corrected chi connectivity index (χ2v) is 9.48. The molecule has 2 heterocycles. The van der Waals surface area contributed by atoms with Gasteiger partial charge in [-0.1, -0.05) is 60.7 Å². The number of hydrogen-bond donors (Lipinski definition) is 0. The highest BCUT2D eigenvalue weighted by atomic mass is 16.5. The van der Waals surface area contributed by atoms with Gasteiger partial charge in [-0.05, 0) is 24.6 Å². The standard InChI is InChI=1S/C30H25NO5/c1-17(32)27-26(22-14-13-19(35-2)16-24(22)36-3)30(28(33)20-9-5-6-10-21(20)29(30)34)25-15-12-18-8-4-7-11-23(18)31(25)27/h4-16,25-27H,1-3H3. The Hall–Kier alpha value is -4.19. The zero-order valence-electron chi connectivity index (χ0n) is 20.2. The molecule has 0 amide bonds. The van der Waals surface area contributed by atoms with Gasteiger partial charge < -0.3 is 14.4 Å². The quantitative estimate of drug-likeness (QED) is 0.504. The molecule has 6 heteroatoms. The number of carbonyl (C=O) groups is 3. The molecule has 0 saturated carbocycles. The van der Waals surface area contributed by atoms with Gasteiger partial charge in [-0.2, -0.15) is 0 Å². The molecule has 0 aromatic heterocycles. The van der Waals surface area contributed by atoms with E-state index in [2.05, 4.69) is 0 Å². The molecule has 1 spiro atoms. The molecule has 3 atom stereocenters. The Morgan fingerprint density at radius 2 is 1.56 bits per heavy atom. The van der Waals surface area contributed by atoms with Crippen LogP contribution in [0.2, 0.25) is 0 Å². The SMILES string of the molecule is COc1ccc(C2C(C(C)=O)N3c4ccccc4C=CC3C23C(=O)c2ccccc2C3=O)c(OC)c1. The lowest BCUT2D eigenvalue weighted by Crippen LogP contribution is -2.48. The molecule has 1 fully saturated rings. The van der Waals surface area contributed by atoms with E-state index in [9.17, 15) is 14.4 Å². The summed E-state index contributed by atoms with van der Waals surface area (Å²) in [6, 6.07) is 18.7. The number of rotatable bonds is 4. The number of Topliss-reactive ketones (excluding diaryl/α,β-unsaturated/α-hetero) is 3. The molecular weight excluding hydrogens is 454 g/mol. The van der Waals surface area contributed by atoms with Crippen molar-refractivity contribution in [2.24, 2.45) is 5.41 Å². The third-order valence-corrected chi connectivity index (χ3v) is 7.91. The van der Waals surface area contributed by atoms with Crippen LogP contribution in [0.1, 0.15) is 44.7 Å². The minimum Gasteiger partial charge on any atom is -0.497 e. The molecule has 1 saturated heterocycles. The first-order valence-corrected chi connectivity index (χ1v) is 11.9. The molecule has 3 aromatic carbocycles. The molecule has 3 unspecified atom stereocenters. The van der Waals surface area contributed by atoms with E-state index in [4.69, 9.17) is 9.47 Å². The molecule has 6 nitrogen and oxygen atoms in total. The number of methoxy groups -OCH3 is 2. The summed E-state index contributed by atoms with van der Waals surface area (Å²) in [5.74, 6) is -0.357. The molecular formula is C30H25NO5. The maximum absolute atomic E-state index is 14.4. The Morgan fingerprint density at radius 3 is 2.19 bits per heavy atom. The lowest BCUT2D eigenvalue weighted by Gasteiger charge is -2.37. The maximum Gasteiger partial charge on any atom is 0.180 e. The van der Waals surface area contributed by atoms with Crippen molar-refractivity contribution in [3.8, 4) is 11.5 Å². The highest BCUT2D eigenvalue weighted by molar-refractivity contribution is 6.32. The van der Waals surface area contributed by atoms with Crippen LogP contribution in [0, 0.1) is 5.41 Å². The molecule has 6 rings (SSSR count). The summed E-state index contributed by atoms with van der Waals surface area (Å²) >= 11 is 0. The third kappa shape index (κ3) is 2.70. The molecule has 3 aliphatic rings. The van der Waals surface area contributed by atoms with Crippen molar-refractivity contribution in [1.82, 2.24) is 0 Å². The molecule has 0 bridgehead atoms. The van der Waals surface area contributed by atoms with Gasteiger partial charge in [0.1, 0.15) is 16.9 Å². The number of fused-ring (bicyclic) bond motifs is 5. The van der Waals surface area contributed by atoms with Crippen molar-refractivity contribution in [2.75, 3.05) is 19.1 Å². The molecule has 3 aromatic rings. The van der Waals surface area contributed by atoms with E-state index in [1.54, 1.807) is 43.5 Å². The van der Waals surface area contributed by atoms with Gasteiger partial charge in [0.05, 0.1) is 26.3 Å². The average molecular weight is 480 g/mol. The summed E-state index contributed by atoms with van der Waals surface area (Å²) in [5, 5.41) is 0. The number of carbonyl (C=O) groups excluding carboxylic acids is 3. The van der Waals surface area contributed by atoms with Gasteiger partial charge in [0, 0.05) is 34.4 Å². The van der Waals surface area contributed by atoms with Gasteiger partial charge in [0.15, 0.2) is 17.3 Å². The van der Waals surface area contributed by atoms with Crippen molar-refractivity contribution >= 4 is 29.1 Å². The fourth-order valence-corrected chi connectivity index (χ4v) is 6.49. The van der Waals surface area contributed by atoms with Crippen LogP contribution < -0.4 is 14.4 Å². The third-order valence-electron chi connectivity index (χ3n) is 7.91. The molecule has 0 radical (unpaired) electrons. The van der Waals surface area contributed by atoms with E-state index in [-0.39, 0.29) is 17.3 Å². The van der Waals surface area contributed by atoms with Gasteiger partial charge in [-0.15, -0.1) is 0 Å². The number of hydrogen-bond acceptors (Lipinski definition) is 6. The zero-order valence-corrected chi connectivity index (χ0v) is 20.2. The lowest BCUT2D eigenvalue weighted by molar-refractivity contribution is -0.118. The number of ketones is 3. The minimum absolute atomic E-state index is 0.124. The number of anilines is 1. The Balaban J connectivity index is 1.70. The second kappa shape index (κ2) is 7.92. The molecule has 0 N–H and O–H groups in total. The summed E-state index contributed by atoms with van der Waals surface area (Å²) in [6.07, 6.45) is 3.86. The van der Waals surface area contributed by atoms with Crippen LogP contribution in [-0.4, -0.2) is 43.7 Å². The minimum atomic E-state index is -1.52. The Kier molecular flexibility index (Phi) is 4.90. The predicted molar refractivity (Wildman–Crippen MR) is 136 cm³/mol. The topological polar surface area (TPSA) is 72.9 Å². The molecule has 1 aliphatic carbocycles. The number of para-hydroxylation sites is 1. The van der Waals surface area contributed by atoms with Crippen molar-refractivity contribution < 1.29 is 23.9 Å². The summed E-state index contributed by atoms with van der Waals surface area (Å²) in [6.45, 7) is 1.53. The van der Waals surface area contributed by atoms with Crippen molar-refractivity contribution in [3.63, 3.8) is 0 Å². The van der Waals surface area contributed by atoms with Crippen LogP contribution in [-0.2, 0) is 4.79 Å². The van der Waals surface area contributed by atoms with E-state index in [0.29, 0.717) is 28.2 Å². The first kappa shape index (κ1) is 22.3. The van der Waals surface area contributed by atoms with Crippen LogP contribution in [0.4, 0.5) is 5.69 Å². The van der Waals surface area contributed by atoms with E-state index >= 15 is 0 Å². The fourth-order valence-electron chi connectivity index (χ4n) is 6.49. The van der Waals surface area contributed by atoms with Crippen LogP contribution >= 0.6 is 0 Å². The Labute approximate surface area is 209 Å². The molecule has 36 heavy (non-hydrogen) atoms. The van der Waals surface area contributed by atoms with E-state index in [1.165, 1.54) is 14.0 Å². The maximum atomic E-state index is 14.4. The monoisotopic (exact) mass is 479 g/mol. The number of benzene rings is 3. The predicted octanol–water partition coefficient (Wildman–Crippen LogP) is 4.73. The first-order valence-electron chi connectivity index (χ1n) is 11.9. The zero-order chi connectivity index (χ0) is 25.2. The van der Waals surface area contributed by atoms with Crippen molar-refractivity contribution in [3.05, 3.63) is 95.1 Å². The van der Waals surface area contributed by atoms with Gasteiger partial charge in [-0.3, -0.25) is 14.4 Å². The first-order chi connectivity index (χ1) is 17.4. The van der Waals surface area contributed by atoms with Crippen molar-refractivity contribution in [1.29, 1.82) is 0 Å². The van der Waals surface area contributed by atoms with Crippen LogP contribution in [0.15, 0.2) is 72.8 Å². The number of nitrogens with zero attached hydrogens (tertiary/aromatic N) is 1. The summed E-state index contributed by atoms with van der Waals surface area (Å²) < 4.78 is 11.1. The van der Waals surface area contributed by atoms with Crippen LogP contribution in [0.5, 0.6) is 11.5 Å². The molecule has 2 aliphatic heterocycles. The summed E-state index contributed by atoms with van der Waals surface area (Å²) in [4.78, 5) is 44.3.